The molecule has 0 saturated heterocycles. The van der Waals surface area contributed by atoms with Gasteiger partial charge in [-0.15, -0.1) is 0 Å². The van der Waals surface area contributed by atoms with Gasteiger partial charge in [-0.3, -0.25) is 14.6 Å². The zero-order chi connectivity index (χ0) is 21.9. The van der Waals surface area contributed by atoms with Crippen molar-refractivity contribution in [2.75, 3.05) is 18.1 Å². The Labute approximate surface area is 170 Å². The van der Waals surface area contributed by atoms with E-state index in [2.05, 4.69) is 15.3 Å². The zero-order valence-corrected chi connectivity index (χ0v) is 16.3. The van der Waals surface area contributed by atoms with Crippen LogP contribution >= 0.6 is 21.6 Å². The maximum atomic E-state index is 12.0. The molecule has 0 bridgehead atoms. The Kier molecular flexibility index (Phi) is 10.2. The summed E-state index contributed by atoms with van der Waals surface area (Å²) in [6.45, 7) is 0.510. The molecule has 2 aromatic rings. The van der Waals surface area contributed by atoms with E-state index in [0.717, 1.165) is 5.39 Å². The van der Waals surface area contributed by atoms with E-state index in [1.807, 2.05) is 12.1 Å². The van der Waals surface area contributed by atoms with Crippen molar-refractivity contribution in [1.29, 1.82) is 0 Å². The first-order valence-electron chi connectivity index (χ1n) is 7.86. The van der Waals surface area contributed by atoms with E-state index in [4.69, 9.17) is 15.0 Å². The molecule has 0 atom stereocenters. The third-order valence-electron chi connectivity index (χ3n) is 2.92. The summed E-state index contributed by atoms with van der Waals surface area (Å²) in [5.41, 5.74) is 1.05. The Hall–Kier alpha value is -2.54. The summed E-state index contributed by atoms with van der Waals surface area (Å²) < 4.78 is 31.7. The summed E-state index contributed by atoms with van der Waals surface area (Å²) in [7, 11) is 3.03. The van der Waals surface area contributed by atoms with E-state index >= 15 is 0 Å². The van der Waals surface area contributed by atoms with Crippen LogP contribution in [0.1, 0.15) is 16.9 Å². The lowest BCUT2D eigenvalue weighted by Gasteiger charge is -2.05. The molecule has 0 aliphatic carbocycles. The number of fused-ring (bicyclic) bond motifs is 1. The lowest BCUT2D eigenvalue weighted by atomic mass is 10.2. The lowest BCUT2D eigenvalue weighted by Crippen LogP contribution is -2.26. The minimum absolute atomic E-state index is 0.152. The van der Waals surface area contributed by atoms with E-state index in [1.54, 1.807) is 29.3 Å². The monoisotopic (exact) mass is 451 g/mol. The van der Waals surface area contributed by atoms with Gasteiger partial charge in [-0.05, 0) is 12.1 Å². The maximum Gasteiger partial charge on any atom is 0.490 e. The Morgan fingerprint density at radius 1 is 1.07 bits per heavy atom. The standard InChI is InChI=1S/C14H15N3O3S2.C2HF3O2/c18-13(19)4-7-21-22-8-6-16-14(20)11-2-1-10-3-5-15-9-12(10)17-11;3-2(4,5)1(6)7/h1-3,5,9H,4,6-8H2,(H,16,20)(H,18,19);(H,6,7). The third-order valence-corrected chi connectivity index (χ3v) is 5.33. The average molecular weight is 451 g/mol. The highest BCUT2D eigenvalue weighted by Gasteiger charge is 2.38. The minimum Gasteiger partial charge on any atom is -0.481 e. The van der Waals surface area contributed by atoms with Gasteiger partial charge in [-0.1, -0.05) is 27.7 Å². The molecule has 29 heavy (non-hydrogen) atoms. The molecule has 13 heteroatoms. The Morgan fingerprint density at radius 2 is 1.72 bits per heavy atom. The smallest absolute Gasteiger partial charge is 0.481 e. The SMILES string of the molecule is O=C(O)C(F)(F)F.O=C(O)CCSSCCNC(=O)c1ccc2ccncc2n1. The van der Waals surface area contributed by atoms with Gasteiger partial charge in [0.15, 0.2) is 0 Å². The van der Waals surface area contributed by atoms with Crippen molar-refractivity contribution in [3.8, 4) is 0 Å². The van der Waals surface area contributed by atoms with Crippen molar-refractivity contribution >= 4 is 50.3 Å². The summed E-state index contributed by atoms with van der Waals surface area (Å²) in [6, 6.07) is 5.37. The van der Waals surface area contributed by atoms with Gasteiger partial charge in [0.2, 0.25) is 0 Å². The fourth-order valence-electron chi connectivity index (χ4n) is 1.64. The number of aliphatic carboxylic acids is 2. The van der Waals surface area contributed by atoms with Crippen molar-refractivity contribution in [3.63, 3.8) is 0 Å². The highest BCUT2D eigenvalue weighted by Crippen LogP contribution is 2.21. The number of carboxylic acids is 2. The summed E-state index contributed by atoms with van der Waals surface area (Å²) >= 11 is 0. The van der Waals surface area contributed by atoms with Crippen molar-refractivity contribution in [3.05, 3.63) is 36.3 Å². The lowest BCUT2D eigenvalue weighted by molar-refractivity contribution is -0.192. The van der Waals surface area contributed by atoms with Crippen LogP contribution in [-0.2, 0) is 9.59 Å². The number of nitrogens with one attached hydrogen (secondary N) is 1. The van der Waals surface area contributed by atoms with E-state index < -0.39 is 18.1 Å². The number of alkyl halides is 3. The first-order valence-corrected chi connectivity index (χ1v) is 10.4. The predicted octanol–water partition coefficient (Wildman–Crippen LogP) is 2.85. The number of carboxylic acid groups (broad SMARTS) is 2. The molecule has 158 valence electrons. The quantitative estimate of drug-likeness (QED) is 0.410. The Morgan fingerprint density at radius 3 is 2.34 bits per heavy atom. The first-order chi connectivity index (χ1) is 13.6. The van der Waals surface area contributed by atoms with Crippen LogP contribution in [0, 0.1) is 0 Å². The number of carbonyl (C=O) groups excluding carboxylic acids is 1. The van der Waals surface area contributed by atoms with Gasteiger partial charge in [-0.2, -0.15) is 13.2 Å². The van der Waals surface area contributed by atoms with Gasteiger partial charge in [-0.25, -0.2) is 9.78 Å². The minimum atomic E-state index is -5.08. The molecule has 8 nitrogen and oxygen atoms in total. The van der Waals surface area contributed by atoms with Gasteiger partial charge in [0, 0.05) is 29.6 Å². The van der Waals surface area contributed by atoms with E-state index in [1.165, 1.54) is 10.8 Å². The summed E-state index contributed by atoms with van der Waals surface area (Å²) in [5.74, 6) is -2.49. The van der Waals surface area contributed by atoms with Crippen LogP contribution in [0.5, 0.6) is 0 Å². The van der Waals surface area contributed by atoms with Crippen LogP contribution in [0.2, 0.25) is 0 Å². The molecule has 0 unspecified atom stereocenters. The summed E-state index contributed by atoms with van der Waals surface area (Å²) in [6.07, 6.45) is -1.62. The molecule has 0 aliphatic heterocycles. The van der Waals surface area contributed by atoms with Crippen LogP contribution in [-0.4, -0.2) is 62.3 Å². The first kappa shape index (κ1) is 24.5. The fourth-order valence-corrected chi connectivity index (χ4v) is 3.52. The van der Waals surface area contributed by atoms with Crippen LogP contribution in [0.3, 0.4) is 0 Å². The topological polar surface area (TPSA) is 129 Å². The second kappa shape index (κ2) is 12.1. The molecule has 0 saturated carbocycles. The number of amides is 1. The van der Waals surface area contributed by atoms with Crippen molar-refractivity contribution in [2.45, 2.75) is 12.6 Å². The number of aromatic nitrogens is 2. The average Bonchev–Trinajstić information content (AvgIpc) is 2.66. The summed E-state index contributed by atoms with van der Waals surface area (Å²) in [4.78, 5) is 39.5. The fraction of sp³-hybridized carbons (Fsp3) is 0.312. The largest absolute Gasteiger partial charge is 0.490 e. The maximum absolute atomic E-state index is 12.0. The van der Waals surface area contributed by atoms with Gasteiger partial charge in [0.05, 0.1) is 18.1 Å². The molecule has 2 rings (SSSR count). The molecule has 0 aromatic carbocycles. The van der Waals surface area contributed by atoms with Crippen LogP contribution in [0.4, 0.5) is 13.2 Å². The zero-order valence-electron chi connectivity index (χ0n) is 14.7. The second-order valence-corrected chi connectivity index (χ2v) is 7.81. The van der Waals surface area contributed by atoms with Gasteiger partial charge < -0.3 is 15.5 Å². The normalized spacial score (nSPS) is 10.7. The predicted molar refractivity (Wildman–Crippen MR) is 103 cm³/mol. The number of halogens is 3. The Bertz CT molecular complexity index is 852. The molecule has 2 aromatic heterocycles. The van der Waals surface area contributed by atoms with Crippen LogP contribution in [0.25, 0.3) is 10.9 Å². The van der Waals surface area contributed by atoms with Crippen molar-refractivity contribution < 1.29 is 37.8 Å². The van der Waals surface area contributed by atoms with E-state index in [9.17, 15) is 22.8 Å². The third kappa shape index (κ3) is 9.99. The van der Waals surface area contributed by atoms with Gasteiger partial charge in [0.25, 0.3) is 5.91 Å². The highest BCUT2D eigenvalue weighted by atomic mass is 33.1. The Balaban J connectivity index is 0.000000516. The number of pyridine rings is 2. The molecule has 0 spiro atoms. The van der Waals surface area contributed by atoms with Gasteiger partial charge in [0.1, 0.15) is 5.69 Å². The molecule has 0 fully saturated rings. The molecule has 0 radical (unpaired) electrons. The number of rotatable bonds is 8. The van der Waals surface area contributed by atoms with Crippen LogP contribution < -0.4 is 5.32 Å². The van der Waals surface area contributed by atoms with Crippen molar-refractivity contribution in [1.82, 2.24) is 15.3 Å². The molecule has 0 aliphatic rings. The van der Waals surface area contributed by atoms with Gasteiger partial charge >= 0.3 is 18.1 Å². The molecule has 3 N–H and O–H groups in total. The van der Waals surface area contributed by atoms with E-state index in [-0.39, 0.29) is 12.3 Å². The number of hydrogen-bond acceptors (Lipinski definition) is 7. The summed E-state index contributed by atoms with van der Waals surface area (Å²) in [5, 5.41) is 19.4. The highest BCUT2D eigenvalue weighted by molar-refractivity contribution is 8.76. The number of nitrogens with zero attached hydrogens (tertiary/aromatic N) is 2. The number of hydrogen-bond donors (Lipinski definition) is 3. The number of carbonyl (C=O) groups is 3. The van der Waals surface area contributed by atoms with Crippen molar-refractivity contribution in [2.24, 2.45) is 0 Å². The van der Waals surface area contributed by atoms with E-state index in [0.29, 0.717) is 29.3 Å². The second-order valence-electron chi connectivity index (χ2n) is 5.11. The molecule has 1 amide bonds. The molecular weight excluding hydrogens is 435 g/mol. The molecular formula is C16H16F3N3O5S2. The molecule has 2 heterocycles. The van der Waals surface area contributed by atoms with Crippen LogP contribution in [0.15, 0.2) is 30.6 Å².